The van der Waals surface area contributed by atoms with E-state index >= 15 is 0 Å². The Kier molecular flexibility index (Phi) is 5.14. The van der Waals surface area contributed by atoms with Crippen molar-refractivity contribution in [3.8, 4) is 5.88 Å². The number of carbonyl (C=O) groups excluding carboxylic acids is 1. The van der Waals surface area contributed by atoms with Gasteiger partial charge in [0.05, 0.1) is 22.5 Å². The molecule has 2 aromatic rings. The SMILES string of the molecule is CCOc1ccc(C(=O)N(C)Cc2ccc(Br)s2)cn1. The third-order valence-electron chi connectivity index (χ3n) is 2.64. The minimum Gasteiger partial charge on any atom is -0.478 e. The van der Waals surface area contributed by atoms with Crippen molar-refractivity contribution >= 4 is 33.2 Å². The molecular formula is C14H15BrN2O2S. The Morgan fingerprint density at radius 3 is 2.75 bits per heavy atom. The number of rotatable bonds is 5. The number of aromatic nitrogens is 1. The summed E-state index contributed by atoms with van der Waals surface area (Å²) in [5.74, 6) is 0.485. The van der Waals surface area contributed by atoms with Crippen LogP contribution >= 0.6 is 27.3 Å². The van der Waals surface area contributed by atoms with E-state index < -0.39 is 0 Å². The summed E-state index contributed by atoms with van der Waals surface area (Å²) in [7, 11) is 1.78. The molecule has 2 rings (SSSR count). The average Bonchev–Trinajstić information content (AvgIpc) is 2.84. The lowest BCUT2D eigenvalue weighted by Gasteiger charge is -2.16. The zero-order valence-corrected chi connectivity index (χ0v) is 13.7. The minimum absolute atomic E-state index is 0.0509. The summed E-state index contributed by atoms with van der Waals surface area (Å²) in [5.41, 5.74) is 0.562. The zero-order chi connectivity index (χ0) is 14.5. The summed E-state index contributed by atoms with van der Waals surface area (Å²) in [6, 6.07) is 7.44. The molecule has 0 N–H and O–H groups in total. The average molecular weight is 355 g/mol. The summed E-state index contributed by atoms with van der Waals surface area (Å²) >= 11 is 5.04. The Labute approximate surface area is 130 Å². The van der Waals surface area contributed by atoms with Gasteiger partial charge in [0.2, 0.25) is 5.88 Å². The number of halogens is 1. The quantitative estimate of drug-likeness (QED) is 0.823. The molecule has 0 fully saturated rings. The number of pyridine rings is 1. The monoisotopic (exact) mass is 354 g/mol. The topological polar surface area (TPSA) is 42.4 Å². The van der Waals surface area contributed by atoms with E-state index in [9.17, 15) is 4.79 Å². The van der Waals surface area contributed by atoms with Crippen LogP contribution in [-0.4, -0.2) is 29.4 Å². The molecule has 0 saturated heterocycles. The summed E-state index contributed by atoms with van der Waals surface area (Å²) in [5, 5.41) is 0. The predicted octanol–water partition coefficient (Wildman–Crippen LogP) is 3.58. The third-order valence-corrected chi connectivity index (χ3v) is 4.25. The van der Waals surface area contributed by atoms with E-state index in [4.69, 9.17) is 4.74 Å². The van der Waals surface area contributed by atoms with Crippen molar-refractivity contribution in [2.24, 2.45) is 0 Å². The molecule has 0 radical (unpaired) electrons. The number of carbonyl (C=O) groups is 1. The van der Waals surface area contributed by atoms with E-state index in [0.29, 0.717) is 24.6 Å². The minimum atomic E-state index is -0.0509. The number of nitrogens with zero attached hydrogens (tertiary/aromatic N) is 2. The van der Waals surface area contributed by atoms with Crippen LogP contribution in [0, 0.1) is 0 Å². The van der Waals surface area contributed by atoms with E-state index in [2.05, 4.69) is 20.9 Å². The van der Waals surface area contributed by atoms with Gasteiger partial charge in [0.25, 0.3) is 5.91 Å². The Morgan fingerprint density at radius 2 is 2.20 bits per heavy atom. The van der Waals surface area contributed by atoms with E-state index in [-0.39, 0.29) is 5.91 Å². The lowest BCUT2D eigenvalue weighted by molar-refractivity contribution is 0.0786. The lowest BCUT2D eigenvalue weighted by Crippen LogP contribution is -2.25. The van der Waals surface area contributed by atoms with Crippen LogP contribution in [0.25, 0.3) is 0 Å². The molecule has 0 atom stereocenters. The van der Waals surface area contributed by atoms with Crippen LogP contribution < -0.4 is 4.74 Å². The molecule has 106 valence electrons. The van der Waals surface area contributed by atoms with Crippen LogP contribution in [0.5, 0.6) is 5.88 Å². The fourth-order valence-corrected chi connectivity index (χ4v) is 3.24. The normalized spacial score (nSPS) is 10.3. The molecule has 0 aliphatic carbocycles. The van der Waals surface area contributed by atoms with Gasteiger partial charge in [0, 0.05) is 24.2 Å². The second kappa shape index (κ2) is 6.85. The Bertz CT molecular complexity index is 583. The van der Waals surface area contributed by atoms with Crippen molar-refractivity contribution in [2.75, 3.05) is 13.7 Å². The number of ether oxygens (including phenoxy) is 1. The molecule has 2 heterocycles. The second-order valence-corrected chi connectivity index (χ2v) is 6.73. The molecule has 4 nitrogen and oxygen atoms in total. The van der Waals surface area contributed by atoms with Gasteiger partial charge in [-0.15, -0.1) is 11.3 Å². The van der Waals surface area contributed by atoms with Gasteiger partial charge in [0.15, 0.2) is 0 Å². The van der Waals surface area contributed by atoms with Crippen LogP contribution in [0.1, 0.15) is 22.2 Å². The Balaban J connectivity index is 2.02. The second-order valence-electron chi connectivity index (χ2n) is 4.19. The summed E-state index contributed by atoms with van der Waals surface area (Å²) < 4.78 is 6.33. The molecule has 0 spiro atoms. The van der Waals surface area contributed by atoms with Crippen LogP contribution in [-0.2, 0) is 6.54 Å². The van der Waals surface area contributed by atoms with E-state index in [1.54, 1.807) is 41.6 Å². The van der Waals surface area contributed by atoms with Crippen molar-refractivity contribution < 1.29 is 9.53 Å². The van der Waals surface area contributed by atoms with Gasteiger partial charge in [-0.1, -0.05) is 0 Å². The molecule has 6 heteroatoms. The van der Waals surface area contributed by atoms with Crippen molar-refractivity contribution in [2.45, 2.75) is 13.5 Å². The van der Waals surface area contributed by atoms with Gasteiger partial charge in [-0.25, -0.2) is 4.98 Å². The summed E-state index contributed by atoms with van der Waals surface area (Å²) in [6.45, 7) is 3.05. The smallest absolute Gasteiger partial charge is 0.255 e. The van der Waals surface area contributed by atoms with Crippen LogP contribution in [0.4, 0.5) is 0 Å². The van der Waals surface area contributed by atoms with E-state index in [1.165, 1.54) is 0 Å². The largest absolute Gasteiger partial charge is 0.478 e. The standard InChI is InChI=1S/C14H15BrN2O2S/c1-3-19-13-7-4-10(8-16-13)14(18)17(2)9-11-5-6-12(15)20-11/h4-8H,3,9H2,1-2H3. The number of hydrogen-bond donors (Lipinski definition) is 0. The van der Waals surface area contributed by atoms with Gasteiger partial charge in [0.1, 0.15) is 0 Å². The maximum Gasteiger partial charge on any atom is 0.255 e. The first-order valence-electron chi connectivity index (χ1n) is 6.18. The molecule has 20 heavy (non-hydrogen) atoms. The zero-order valence-electron chi connectivity index (χ0n) is 11.3. The van der Waals surface area contributed by atoms with Crippen LogP contribution in [0.15, 0.2) is 34.2 Å². The number of amides is 1. The molecule has 0 aromatic carbocycles. The number of thiophene rings is 1. The molecule has 0 saturated carbocycles. The highest BCUT2D eigenvalue weighted by Gasteiger charge is 2.13. The molecule has 0 aliphatic heterocycles. The third kappa shape index (κ3) is 3.80. The van der Waals surface area contributed by atoms with Crippen LogP contribution in [0.2, 0.25) is 0 Å². The predicted molar refractivity (Wildman–Crippen MR) is 83.2 cm³/mol. The Morgan fingerprint density at radius 1 is 1.40 bits per heavy atom. The Hall–Kier alpha value is -1.40. The summed E-state index contributed by atoms with van der Waals surface area (Å²) in [6.07, 6.45) is 1.55. The maximum absolute atomic E-state index is 12.3. The van der Waals surface area contributed by atoms with Gasteiger partial charge < -0.3 is 9.64 Å². The van der Waals surface area contributed by atoms with Crippen molar-refractivity contribution in [3.05, 3.63) is 44.7 Å². The molecule has 0 unspecified atom stereocenters. The first kappa shape index (κ1) is 15.0. The van der Waals surface area contributed by atoms with Gasteiger partial charge in [-0.3, -0.25) is 4.79 Å². The first-order chi connectivity index (χ1) is 9.60. The highest BCUT2D eigenvalue weighted by Crippen LogP contribution is 2.23. The van der Waals surface area contributed by atoms with Crippen molar-refractivity contribution in [3.63, 3.8) is 0 Å². The molecule has 0 aliphatic rings. The van der Waals surface area contributed by atoms with Crippen LogP contribution in [0.3, 0.4) is 0 Å². The molecule has 0 bridgehead atoms. The summed E-state index contributed by atoms with van der Waals surface area (Å²) in [4.78, 5) is 19.2. The van der Waals surface area contributed by atoms with Crippen molar-refractivity contribution in [1.82, 2.24) is 9.88 Å². The van der Waals surface area contributed by atoms with E-state index in [1.807, 2.05) is 19.1 Å². The molecular weight excluding hydrogens is 340 g/mol. The first-order valence-corrected chi connectivity index (χ1v) is 7.79. The number of hydrogen-bond acceptors (Lipinski definition) is 4. The van der Waals surface area contributed by atoms with Gasteiger partial charge in [-0.05, 0) is 41.1 Å². The lowest BCUT2D eigenvalue weighted by atomic mass is 10.2. The fourth-order valence-electron chi connectivity index (χ4n) is 1.70. The fraction of sp³-hybridized carbons (Fsp3) is 0.286. The van der Waals surface area contributed by atoms with E-state index in [0.717, 1.165) is 8.66 Å². The van der Waals surface area contributed by atoms with Gasteiger partial charge in [-0.2, -0.15) is 0 Å². The highest BCUT2D eigenvalue weighted by molar-refractivity contribution is 9.11. The van der Waals surface area contributed by atoms with Crippen molar-refractivity contribution in [1.29, 1.82) is 0 Å². The maximum atomic E-state index is 12.3. The highest BCUT2D eigenvalue weighted by atomic mass is 79.9. The molecule has 1 amide bonds. The molecule has 2 aromatic heterocycles. The van der Waals surface area contributed by atoms with Gasteiger partial charge >= 0.3 is 0 Å².